The molecular formula is C24H25NO2S. The first kappa shape index (κ1) is 18.8. The largest absolute Gasteiger partial charge is 0.493 e. The summed E-state index contributed by atoms with van der Waals surface area (Å²) in [5, 5.41) is 0. The number of carbonyl (C=O) groups excluding carboxylic acids is 1. The van der Waals surface area contributed by atoms with E-state index in [2.05, 4.69) is 49.4 Å². The van der Waals surface area contributed by atoms with Crippen LogP contribution in [0.4, 0.5) is 0 Å². The van der Waals surface area contributed by atoms with Crippen LogP contribution in [0.1, 0.15) is 26.4 Å². The van der Waals surface area contributed by atoms with Gasteiger partial charge in [0.25, 0.3) is 0 Å². The van der Waals surface area contributed by atoms with Crippen molar-refractivity contribution < 1.29 is 9.53 Å². The lowest BCUT2D eigenvalue weighted by Gasteiger charge is -2.22. The highest BCUT2D eigenvalue weighted by Crippen LogP contribution is 2.26. The molecule has 2 heterocycles. The van der Waals surface area contributed by atoms with Gasteiger partial charge in [-0.25, -0.2) is 0 Å². The van der Waals surface area contributed by atoms with Gasteiger partial charge in [-0.3, -0.25) is 4.79 Å². The molecule has 4 rings (SSSR count). The lowest BCUT2D eigenvalue weighted by atomic mass is 10.1. The lowest BCUT2D eigenvalue weighted by Crippen LogP contribution is -2.33. The number of hydrogen-bond donors (Lipinski definition) is 0. The van der Waals surface area contributed by atoms with Gasteiger partial charge in [0, 0.05) is 22.7 Å². The van der Waals surface area contributed by atoms with E-state index in [-0.39, 0.29) is 5.91 Å². The minimum absolute atomic E-state index is 0.181. The van der Waals surface area contributed by atoms with Gasteiger partial charge in [0.2, 0.25) is 5.91 Å². The van der Waals surface area contributed by atoms with Gasteiger partial charge in [-0.15, -0.1) is 11.3 Å². The molecular weight excluding hydrogens is 366 g/mol. The number of ether oxygens (including phenoxy) is 1. The van der Waals surface area contributed by atoms with Crippen LogP contribution >= 0.6 is 11.3 Å². The summed E-state index contributed by atoms with van der Waals surface area (Å²) in [7, 11) is 0. The monoisotopic (exact) mass is 391 g/mol. The molecule has 3 aromatic rings. The van der Waals surface area contributed by atoms with E-state index in [1.807, 2.05) is 23.1 Å². The van der Waals surface area contributed by atoms with Crippen LogP contribution in [0, 0.1) is 6.92 Å². The molecule has 0 N–H and O–H groups in total. The first-order valence-corrected chi connectivity index (χ1v) is 10.6. The zero-order valence-electron chi connectivity index (χ0n) is 16.2. The maximum atomic E-state index is 13.1. The molecule has 1 aliphatic rings. The maximum Gasteiger partial charge on any atom is 0.227 e. The number of amides is 1. The normalized spacial score (nSPS) is 12.5. The first-order chi connectivity index (χ1) is 13.7. The van der Waals surface area contributed by atoms with Crippen molar-refractivity contribution in [3.8, 4) is 5.75 Å². The fourth-order valence-corrected chi connectivity index (χ4v) is 4.50. The number of nitrogens with zero attached hydrogens (tertiary/aromatic N) is 1. The Balaban J connectivity index is 1.47. The second-order valence-corrected chi connectivity index (χ2v) is 8.65. The van der Waals surface area contributed by atoms with Crippen molar-refractivity contribution >= 4 is 17.2 Å². The van der Waals surface area contributed by atoms with Crippen molar-refractivity contribution in [2.45, 2.75) is 32.7 Å². The number of rotatable bonds is 7. The highest BCUT2D eigenvalue weighted by Gasteiger charge is 2.18. The molecule has 1 amide bonds. The fraction of sp³-hybridized carbons (Fsp3) is 0.292. The fourth-order valence-electron chi connectivity index (χ4n) is 3.60. The Hall–Kier alpha value is -2.59. The maximum absolute atomic E-state index is 13.1. The molecule has 4 heteroatoms. The average Bonchev–Trinajstić information content (AvgIpc) is 3.34. The van der Waals surface area contributed by atoms with E-state index in [0.717, 1.165) is 37.3 Å². The van der Waals surface area contributed by atoms with Crippen LogP contribution in [0.3, 0.4) is 0 Å². The number of aryl methyl sites for hydroxylation is 1. The first-order valence-electron chi connectivity index (χ1n) is 9.79. The molecule has 0 atom stereocenters. The number of carbonyl (C=O) groups is 1. The van der Waals surface area contributed by atoms with Crippen LogP contribution in [0.5, 0.6) is 5.75 Å². The van der Waals surface area contributed by atoms with Gasteiger partial charge in [0.05, 0.1) is 19.6 Å². The van der Waals surface area contributed by atoms with E-state index in [1.165, 1.54) is 20.9 Å². The topological polar surface area (TPSA) is 29.5 Å². The van der Waals surface area contributed by atoms with E-state index in [9.17, 15) is 4.79 Å². The summed E-state index contributed by atoms with van der Waals surface area (Å²) in [5.41, 5.74) is 3.55. The van der Waals surface area contributed by atoms with Crippen molar-refractivity contribution in [2.75, 3.05) is 13.2 Å². The van der Waals surface area contributed by atoms with Crippen LogP contribution < -0.4 is 4.74 Å². The third-order valence-corrected chi connectivity index (χ3v) is 6.10. The summed E-state index contributed by atoms with van der Waals surface area (Å²) < 4.78 is 5.58. The number of fused-ring (bicyclic) bond motifs is 1. The van der Waals surface area contributed by atoms with Crippen molar-refractivity contribution in [3.05, 3.63) is 87.1 Å². The van der Waals surface area contributed by atoms with Crippen LogP contribution in [-0.4, -0.2) is 24.0 Å². The predicted molar refractivity (Wildman–Crippen MR) is 114 cm³/mol. The van der Waals surface area contributed by atoms with Gasteiger partial charge in [0.1, 0.15) is 5.75 Å². The molecule has 0 saturated heterocycles. The van der Waals surface area contributed by atoms with E-state index in [4.69, 9.17) is 4.74 Å². The summed E-state index contributed by atoms with van der Waals surface area (Å²) in [6.07, 6.45) is 2.24. The minimum Gasteiger partial charge on any atom is -0.493 e. The van der Waals surface area contributed by atoms with E-state index in [1.54, 1.807) is 11.3 Å². The van der Waals surface area contributed by atoms with Crippen molar-refractivity contribution in [1.82, 2.24) is 4.90 Å². The Morgan fingerprint density at radius 1 is 1.07 bits per heavy atom. The molecule has 144 valence electrons. The second kappa shape index (κ2) is 8.61. The van der Waals surface area contributed by atoms with Gasteiger partial charge in [-0.1, -0.05) is 42.5 Å². The highest BCUT2D eigenvalue weighted by atomic mass is 32.1. The third-order valence-electron chi connectivity index (χ3n) is 5.12. The Bertz CT molecular complexity index is 948. The minimum atomic E-state index is 0.181. The standard InChI is InChI=1S/C24H25NO2S/c1-18-7-9-22(28-18)17-25(13-11-19-5-3-2-4-6-19)24(26)16-20-8-10-23-21(15-20)12-14-27-23/h2-10,15H,11-14,16-17H2,1H3. The predicted octanol–water partition coefficient (Wildman–Crippen LogP) is 4.81. The summed E-state index contributed by atoms with van der Waals surface area (Å²) in [6.45, 7) is 4.26. The molecule has 2 aromatic carbocycles. The van der Waals surface area contributed by atoms with Gasteiger partial charge in [-0.05, 0) is 48.2 Å². The number of thiophene rings is 1. The third kappa shape index (κ3) is 4.63. The van der Waals surface area contributed by atoms with Gasteiger partial charge >= 0.3 is 0 Å². The quantitative estimate of drug-likeness (QED) is 0.579. The smallest absolute Gasteiger partial charge is 0.227 e. The molecule has 0 unspecified atom stereocenters. The SMILES string of the molecule is Cc1ccc(CN(CCc2ccccc2)C(=O)Cc2ccc3c(c2)CCO3)s1. The molecule has 0 fully saturated rings. The summed E-state index contributed by atoms with van der Waals surface area (Å²) in [5.74, 6) is 1.15. The van der Waals surface area contributed by atoms with E-state index >= 15 is 0 Å². The number of hydrogen-bond acceptors (Lipinski definition) is 3. The average molecular weight is 392 g/mol. The van der Waals surface area contributed by atoms with Gasteiger partial charge in [0.15, 0.2) is 0 Å². The van der Waals surface area contributed by atoms with Crippen LogP contribution in [-0.2, 0) is 30.6 Å². The van der Waals surface area contributed by atoms with Crippen molar-refractivity contribution in [1.29, 1.82) is 0 Å². The van der Waals surface area contributed by atoms with Gasteiger partial charge in [-0.2, -0.15) is 0 Å². The zero-order valence-corrected chi connectivity index (χ0v) is 17.0. The van der Waals surface area contributed by atoms with Crippen LogP contribution in [0.2, 0.25) is 0 Å². The Morgan fingerprint density at radius 2 is 1.93 bits per heavy atom. The molecule has 28 heavy (non-hydrogen) atoms. The van der Waals surface area contributed by atoms with Crippen LogP contribution in [0.25, 0.3) is 0 Å². The Labute approximate surface area is 170 Å². The summed E-state index contributed by atoms with van der Waals surface area (Å²) >= 11 is 1.77. The molecule has 0 spiro atoms. The molecule has 3 nitrogen and oxygen atoms in total. The molecule has 1 aromatic heterocycles. The molecule has 0 saturated carbocycles. The van der Waals surface area contributed by atoms with Crippen molar-refractivity contribution in [3.63, 3.8) is 0 Å². The lowest BCUT2D eigenvalue weighted by molar-refractivity contribution is -0.131. The van der Waals surface area contributed by atoms with Gasteiger partial charge < -0.3 is 9.64 Å². The Morgan fingerprint density at radius 3 is 2.71 bits per heavy atom. The molecule has 0 bridgehead atoms. The Kier molecular flexibility index (Phi) is 5.77. The van der Waals surface area contributed by atoms with Crippen LogP contribution in [0.15, 0.2) is 60.7 Å². The second-order valence-electron chi connectivity index (χ2n) is 7.28. The molecule has 0 radical (unpaired) electrons. The summed E-state index contributed by atoms with van der Waals surface area (Å²) in [4.78, 5) is 17.7. The molecule has 0 aliphatic carbocycles. The highest BCUT2D eigenvalue weighted by molar-refractivity contribution is 7.11. The molecule has 1 aliphatic heterocycles. The number of benzene rings is 2. The zero-order chi connectivity index (χ0) is 19.3. The van der Waals surface area contributed by atoms with E-state index in [0.29, 0.717) is 13.0 Å². The van der Waals surface area contributed by atoms with Crippen molar-refractivity contribution in [2.24, 2.45) is 0 Å². The van der Waals surface area contributed by atoms with E-state index < -0.39 is 0 Å². The summed E-state index contributed by atoms with van der Waals surface area (Å²) in [6, 6.07) is 20.8.